The Hall–Kier alpha value is -1.36. The third kappa shape index (κ3) is 3.36. The van der Waals surface area contributed by atoms with Crippen molar-refractivity contribution in [1.82, 2.24) is 15.1 Å². The molecule has 1 amide bonds. The van der Waals surface area contributed by atoms with Crippen molar-refractivity contribution < 1.29 is 4.79 Å². The number of hydrogen-bond donors (Lipinski definition) is 2. The molecule has 0 aliphatic rings. The highest BCUT2D eigenvalue weighted by atomic mass is 16.1. The average molecular weight is 210 g/mol. The van der Waals surface area contributed by atoms with E-state index in [1.807, 2.05) is 20.9 Å². The molecule has 1 heterocycles. The first kappa shape index (κ1) is 11.7. The fourth-order valence-corrected chi connectivity index (χ4v) is 1.17. The Balaban J connectivity index is 2.54. The average Bonchev–Trinajstić information content (AvgIpc) is 2.51. The highest BCUT2D eigenvalue weighted by molar-refractivity contribution is 5.90. The van der Waals surface area contributed by atoms with Gasteiger partial charge in [-0.15, -0.1) is 0 Å². The zero-order valence-corrected chi connectivity index (χ0v) is 9.66. The molecule has 0 bridgehead atoms. The van der Waals surface area contributed by atoms with Gasteiger partial charge in [0.1, 0.15) is 5.82 Å². The number of anilines is 1. The van der Waals surface area contributed by atoms with Crippen LogP contribution in [0.4, 0.5) is 5.82 Å². The Morgan fingerprint density at radius 2 is 2.27 bits per heavy atom. The van der Waals surface area contributed by atoms with Gasteiger partial charge in [-0.2, -0.15) is 5.10 Å². The molecular formula is C10H18N4O. The van der Waals surface area contributed by atoms with Crippen molar-refractivity contribution in [1.29, 1.82) is 0 Å². The molecule has 0 saturated heterocycles. The van der Waals surface area contributed by atoms with E-state index in [2.05, 4.69) is 15.7 Å². The summed E-state index contributed by atoms with van der Waals surface area (Å²) in [5.41, 5.74) is -0.192. The molecule has 0 atom stereocenters. The summed E-state index contributed by atoms with van der Waals surface area (Å²) in [6.07, 6.45) is 2.08. The zero-order chi connectivity index (χ0) is 11.5. The van der Waals surface area contributed by atoms with Crippen LogP contribution in [-0.4, -0.2) is 28.3 Å². The van der Waals surface area contributed by atoms with Gasteiger partial charge in [-0.05, 0) is 20.9 Å². The van der Waals surface area contributed by atoms with Gasteiger partial charge in [-0.25, -0.2) is 0 Å². The van der Waals surface area contributed by atoms with Crippen molar-refractivity contribution in [3.63, 3.8) is 0 Å². The molecule has 1 aromatic rings. The molecule has 0 aliphatic heterocycles. The minimum atomic E-state index is -0.192. The highest BCUT2D eigenvalue weighted by Gasteiger charge is 2.19. The fraction of sp³-hybridized carbons (Fsp3) is 0.600. The Morgan fingerprint density at radius 3 is 2.73 bits per heavy atom. The Labute approximate surface area is 89.9 Å². The van der Waals surface area contributed by atoms with Crippen LogP contribution in [0.2, 0.25) is 0 Å². The minimum absolute atomic E-state index is 0.0158. The van der Waals surface area contributed by atoms with E-state index in [1.54, 1.807) is 24.0 Å². The molecule has 84 valence electrons. The maximum absolute atomic E-state index is 11.6. The molecule has 1 aromatic heterocycles. The van der Waals surface area contributed by atoms with Crippen LogP contribution in [-0.2, 0) is 11.8 Å². The van der Waals surface area contributed by atoms with E-state index < -0.39 is 0 Å². The number of aryl methyl sites for hydroxylation is 1. The zero-order valence-electron chi connectivity index (χ0n) is 9.66. The van der Waals surface area contributed by atoms with Crippen molar-refractivity contribution in [2.24, 2.45) is 7.05 Å². The van der Waals surface area contributed by atoms with Crippen molar-refractivity contribution in [2.45, 2.75) is 25.8 Å². The van der Waals surface area contributed by atoms with E-state index in [1.165, 1.54) is 0 Å². The van der Waals surface area contributed by atoms with Crippen LogP contribution in [0.5, 0.6) is 0 Å². The van der Waals surface area contributed by atoms with Crippen LogP contribution in [0.25, 0.3) is 0 Å². The maximum atomic E-state index is 11.6. The molecule has 0 aromatic carbocycles. The number of hydrogen-bond acceptors (Lipinski definition) is 3. The van der Waals surface area contributed by atoms with E-state index in [0.717, 1.165) is 0 Å². The molecule has 5 heteroatoms. The summed E-state index contributed by atoms with van der Waals surface area (Å²) < 4.78 is 1.63. The number of nitrogens with one attached hydrogen (secondary N) is 2. The van der Waals surface area contributed by atoms with Crippen LogP contribution in [0.3, 0.4) is 0 Å². The lowest BCUT2D eigenvalue weighted by molar-refractivity contribution is -0.117. The van der Waals surface area contributed by atoms with Crippen LogP contribution in [0.15, 0.2) is 12.3 Å². The van der Waals surface area contributed by atoms with Crippen LogP contribution < -0.4 is 10.6 Å². The lowest BCUT2D eigenvalue weighted by atomic mass is 10.0. The summed E-state index contributed by atoms with van der Waals surface area (Å²) in [7, 11) is 3.64. The number of nitrogens with zero attached hydrogens (tertiary/aromatic N) is 2. The molecular weight excluding hydrogens is 192 g/mol. The summed E-state index contributed by atoms with van der Waals surface area (Å²) in [6.45, 7) is 3.96. The Kier molecular flexibility index (Phi) is 3.47. The smallest absolute Gasteiger partial charge is 0.227 e. The fourth-order valence-electron chi connectivity index (χ4n) is 1.17. The molecule has 1 rings (SSSR count). The van der Waals surface area contributed by atoms with Gasteiger partial charge in [0.2, 0.25) is 5.91 Å². The van der Waals surface area contributed by atoms with Gasteiger partial charge in [0.05, 0.1) is 6.20 Å². The minimum Gasteiger partial charge on any atom is -0.314 e. The third-order valence-corrected chi connectivity index (χ3v) is 2.37. The normalized spacial score (nSPS) is 11.5. The van der Waals surface area contributed by atoms with Gasteiger partial charge in [-0.3, -0.25) is 9.48 Å². The molecule has 5 nitrogen and oxygen atoms in total. The molecule has 15 heavy (non-hydrogen) atoms. The van der Waals surface area contributed by atoms with E-state index in [-0.39, 0.29) is 11.4 Å². The lowest BCUT2D eigenvalue weighted by Gasteiger charge is -2.22. The van der Waals surface area contributed by atoms with Gasteiger partial charge in [0.25, 0.3) is 0 Å². The third-order valence-electron chi connectivity index (χ3n) is 2.37. The van der Waals surface area contributed by atoms with Crippen molar-refractivity contribution in [3.8, 4) is 0 Å². The van der Waals surface area contributed by atoms with E-state index in [0.29, 0.717) is 12.2 Å². The first-order valence-corrected chi connectivity index (χ1v) is 4.91. The monoisotopic (exact) mass is 210 g/mol. The topological polar surface area (TPSA) is 59.0 Å². The number of amides is 1. The number of carbonyl (C=O) groups is 1. The maximum Gasteiger partial charge on any atom is 0.227 e. The van der Waals surface area contributed by atoms with Gasteiger partial charge >= 0.3 is 0 Å². The van der Waals surface area contributed by atoms with Crippen LogP contribution in [0, 0.1) is 0 Å². The van der Waals surface area contributed by atoms with Gasteiger partial charge in [0, 0.05) is 25.1 Å². The summed E-state index contributed by atoms with van der Waals surface area (Å²) in [5.74, 6) is 0.699. The second kappa shape index (κ2) is 4.44. The van der Waals surface area contributed by atoms with E-state index in [4.69, 9.17) is 0 Å². The van der Waals surface area contributed by atoms with E-state index in [9.17, 15) is 4.79 Å². The summed E-state index contributed by atoms with van der Waals surface area (Å²) in [5, 5.41) is 9.86. The lowest BCUT2D eigenvalue weighted by Crippen LogP contribution is -2.39. The molecule has 2 N–H and O–H groups in total. The molecule has 0 unspecified atom stereocenters. The van der Waals surface area contributed by atoms with Gasteiger partial charge < -0.3 is 10.6 Å². The quantitative estimate of drug-likeness (QED) is 0.771. The van der Waals surface area contributed by atoms with Crippen LogP contribution in [0.1, 0.15) is 20.3 Å². The largest absolute Gasteiger partial charge is 0.314 e. The Morgan fingerprint density at radius 1 is 1.60 bits per heavy atom. The Bertz CT molecular complexity index is 343. The summed E-state index contributed by atoms with van der Waals surface area (Å²) in [4.78, 5) is 11.6. The van der Waals surface area contributed by atoms with Crippen molar-refractivity contribution in [3.05, 3.63) is 12.3 Å². The van der Waals surface area contributed by atoms with Crippen molar-refractivity contribution >= 4 is 11.7 Å². The molecule has 0 spiro atoms. The number of aromatic nitrogens is 2. The first-order chi connectivity index (χ1) is 6.94. The van der Waals surface area contributed by atoms with Gasteiger partial charge in [0.15, 0.2) is 0 Å². The van der Waals surface area contributed by atoms with Gasteiger partial charge in [-0.1, -0.05) is 0 Å². The molecule has 0 fully saturated rings. The molecule has 0 radical (unpaired) electrons. The standard InChI is InChI=1S/C10H18N4O/c1-10(2,11-3)7-9(15)13-8-5-6-12-14(8)4/h5-6,11H,7H2,1-4H3,(H,13,15). The van der Waals surface area contributed by atoms with Crippen LogP contribution >= 0.6 is 0 Å². The summed E-state index contributed by atoms with van der Waals surface area (Å²) >= 11 is 0. The SMILES string of the molecule is CNC(C)(C)CC(=O)Nc1ccnn1C. The predicted molar refractivity (Wildman–Crippen MR) is 59.6 cm³/mol. The predicted octanol–water partition coefficient (Wildman–Crippen LogP) is 0.747. The molecule has 0 aliphatic carbocycles. The summed E-state index contributed by atoms with van der Waals surface area (Å²) in [6, 6.07) is 1.77. The highest BCUT2D eigenvalue weighted by Crippen LogP contribution is 2.10. The second-order valence-electron chi connectivity index (χ2n) is 4.20. The number of rotatable bonds is 4. The van der Waals surface area contributed by atoms with E-state index >= 15 is 0 Å². The number of carbonyl (C=O) groups excluding carboxylic acids is 1. The van der Waals surface area contributed by atoms with Crippen molar-refractivity contribution in [2.75, 3.05) is 12.4 Å². The second-order valence-corrected chi connectivity index (χ2v) is 4.20. The first-order valence-electron chi connectivity index (χ1n) is 4.91. The molecule has 0 saturated carbocycles.